The lowest BCUT2D eigenvalue weighted by Crippen LogP contribution is -2.40. The molecule has 1 aliphatic rings. The molecule has 0 aromatic heterocycles. The van der Waals surface area contributed by atoms with Crippen LogP contribution in [0.3, 0.4) is 0 Å². The van der Waals surface area contributed by atoms with E-state index in [4.69, 9.17) is 5.73 Å². The van der Waals surface area contributed by atoms with E-state index in [0.717, 1.165) is 6.54 Å². The first-order valence-corrected chi connectivity index (χ1v) is 5.46. The zero-order valence-corrected chi connectivity index (χ0v) is 10.1. The SMILES string of the molecule is Cl.NCC(=O)NCC(=O)NCC1CCCC1. The Bertz CT molecular complexity index is 230. The number of nitrogens with one attached hydrogen (secondary N) is 2. The molecule has 0 atom stereocenters. The van der Waals surface area contributed by atoms with Gasteiger partial charge < -0.3 is 16.4 Å². The molecule has 1 fully saturated rings. The second-order valence-electron chi connectivity index (χ2n) is 3.94. The maximum absolute atomic E-state index is 11.3. The molecule has 0 radical (unpaired) electrons. The molecule has 0 aliphatic heterocycles. The first-order chi connectivity index (χ1) is 7.22. The number of amides is 2. The van der Waals surface area contributed by atoms with Gasteiger partial charge in [-0.25, -0.2) is 0 Å². The van der Waals surface area contributed by atoms with Crippen LogP contribution in [0.1, 0.15) is 25.7 Å². The second kappa shape index (κ2) is 8.35. The minimum Gasteiger partial charge on any atom is -0.354 e. The largest absolute Gasteiger partial charge is 0.354 e. The van der Waals surface area contributed by atoms with Gasteiger partial charge in [-0.15, -0.1) is 12.4 Å². The first kappa shape index (κ1) is 15.2. The van der Waals surface area contributed by atoms with E-state index in [9.17, 15) is 9.59 Å². The van der Waals surface area contributed by atoms with Crippen LogP contribution >= 0.6 is 12.4 Å². The van der Waals surface area contributed by atoms with E-state index in [1.165, 1.54) is 25.7 Å². The molecule has 16 heavy (non-hydrogen) atoms. The fraction of sp³-hybridized carbons (Fsp3) is 0.800. The quantitative estimate of drug-likeness (QED) is 0.630. The molecule has 0 spiro atoms. The number of nitrogens with two attached hydrogens (primary N) is 1. The maximum Gasteiger partial charge on any atom is 0.239 e. The molecule has 5 nitrogen and oxygen atoms in total. The molecule has 0 unspecified atom stereocenters. The normalized spacial score (nSPS) is 15.3. The van der Waals surface area contributed by atoms with Gasteiger partial charge in [0, 0.05) is 6.54 Å². The minimum absolute atomic E-state index is 0. The third-order valence-corrected chi connectivity index (χ3v) is 2.69. The smallest absolute Gasteiger partial charge is 0.239 e. The Balaban J connectivity index is 0.00000225. The number of carbonyl (C=O) groups excluding carboxylic acids is 2. The Morgan fingerprint density at radius 2 is 1.75 bits per heavy atom. The van der Waals surface area contributed by atoms with Gasteiger partial charge in [-0.2, -0.15) is 0 Å². The van der Waals surface area contributed by atoms with Crippen molar-refractivity contribution >= 4 is 24.2 Å². The molecule has 94 valence electrons. The lowest BCUT2D eigenvalue weighted by atomic mass is 10.1. The number of hydrogen-bond donors (Lipinski definition) is 3. The number of carbonyl (C=O) groups is 2. The van der Waals surface area contributed by atoms with E-state index in [1.807, 2.05) is 0 Å². The molecule has 1 aliphatic carbocycles. The van der Waals surface area contributed by atoms with Gasteiger partial charge in [0.15, 0.2) is 0 Å². The van der Waals surface area contributed by atoms with Crippen molar-refractivity contribution in [1.29, 1.82) is 0 Å². The van der Waals surface area contributed by atoms with E-state index in [-0.39, 0.29) is 37.3 Å². The molecule has 0 bridgehead atoms. The molecule has 1 saturated carbocycles. The molecule has 0 aromatic carbocycles. The fourth-order valence-corrected chi connectivity index (χ4v) is 1.79. The molecule has 0 aromatic rings. The monoisotopic (exact) mass is 249 g/mol. The van der Waals surface area contributed by atoms with Crippen LogP contribution in [-0.2, 0) is 9.59 Å². The third kappa shape index (κ3) is 5.92. The number of halogens is 1. The Labute approximate surface area is 102 Å². The van der Waals surface area contributed by atoms with Crippen LogP contribution in [0, 0.1) is 5.92 Å². The average molecular weight is 250 g/mol. The topological polar surface area (TPSA) is 84.2 Å². The van der Waals surface area contributed by atoms with E-state index < -0.39 is 0 Å². The van der Waals surface area contributed by atoms with Crippen molar-refractivity contribution < 1.29 is 9.59 Å². The summed E-state index contributed by atoms with van der Waals surface area (Å²) in [4.78, 5) is 22.0. The van der Waals surface area contributed by atoms with Crippen molar-refractivity contribution in [3.8, 4) is 0 Å². The van der Waals surface area contributed by atoms with E-state index in [1.54, 1.807) is 0 Å². The van der Waals surface area contributed by atoms with Crippen LogP contribution in [0.5, 0.6) is 0 Å². The molecule has 1 rings (SSSR count). The van der Waals surface area contributed by atoms with Crippen LogP contribution in [-0.4, -0.2) is 31.4 Å². The van der Waals surface area contributed by atoms with Crippen molar-refractivity contribution in [3.63, 3.8) is 0 Å². The lowest BCUT2D eigenvalue weighted by molar-refractivity contribution is -0.125. The van der Waals surface area contributed by atoms with Gasteiger partial charge in [-0.3, -0.25) is 9.59 Å². The summed E-state index contributed by atoms with van der Waals surface area (Å²) in [5.74, 6) is 0.189. The predicted molar refractivity (Wildman–Crippen MR) is 64.3 cm³/mol. The predicted octanol–water partition coefficient (Wildman–Crippen LogP) is -0.211. The summed E-state index contributed by atoms with van der Waals surface area (Å²) in [6, 6.07) is 0. The van der Waals surface area contributed by atoms with Crippen LogP contribution in [0.4, 0.5) is 0 Å². The van der Waals surface area contributed by atoms with Crippen LogP contribution in [0.15, 0.2) is 0 Å². The summed E-state index contributed by atoms with van der Waals surface area (Å²) in [5, 5.41) is 5.24. The molecule has 4 N–H and O–H groups in total. The van der Waals surface area contributed by atoms with Gasteiger partial charge in [-0.1, -0.05) is 12.8 Å². The summed E-state index contributed by atoms with van der Waals surface area (Å²) in [6.45, 7) is 0.690. The molecule has 0 heterocycles. The third-order valence-electron chi connectivity index (χ3n) is 2.69. The van der Waals surface area contributed by atoms with Crippen molar-refractivity contribution in [1.82, 2.24) is 10.6 Å². The van der Waals surface area contributed by atoms with Gasteiger partial charge >= 0.3 is 0 Å². The van der Waals surface area contributed by atoms with Crippen molar-refractivity contribution in [2.24, 2.45) is 11.7 Å². The highest BCUT2D eigenvalue weighted by Crippen LogP contribution is 2.23. The zero-order valence-electron chi connectivity index (χ0n) is 9.33. The Morgan fingerprint density at radius 1 is 1.12 bits per heavy atom. The summed E-state index contributed by atoms with van der Waals surface area (Å²) >= 11 is 0. The molecule has 2 amide bonds. The van der Waals surface area contributed by atoms with E-state index >= 15 is 0 Å². The second-order valence-corrected chi connectivity index (χ2v) is 3.94. The maximum atomic E-state index is 11.3. The van der Waals surface area contributed by atoms with Gasteiger partial charge in [-0.05, 0) is 18.8 Å². The number of rotatable bonds is 5. The molecule has 6 heteroatoms. The highest BCUT2D eigenvalue weighted by molar-refractivity contribution is 5.85. The average Bonchev–Trinajstić information content (AvgIpc) is 2.75. The standard InChI is InChI=1S/C10H19N3O2.ClH/c11-5-9(14)13-7-10(15)12-6-8-3-1-2-4-8;/h8H,1-7,11H2,(H,12,15)(H,13,14);1H. The van der Waals surface area contributed by atoms with Crippen molar-refractivity contribution in [2.75, 3.05) is 19.6 Å². The van der Waals surface area contributed by atoms with Crippen LogP contribution in [0.25, 0.3) is 0 Å². The van der Waals surface area contributed by atoms with E-state index in [0.29, 0.717) is 5.92 Å². The highest BCUT2D eigenvalue weighted by Gasteiger charge is 2.15. The first-order valence-electron chi connectivity index (χ1n) is 5.46. The Morgan fingerprint density at radius 3 is 2.31 bits per heavy atom. The van der Waals surface area contributed by atoms with Gasteiger partial charge in [0.25, 0.3) is 0 Å². The van der Waals surface area contributed by atoms with Gasteiger partial charge in [0.2, 0.25) is 11.8 Å². The summed E-state index contributed by atoms with van der Waals surface area (Å²) in [5.41, 5.74) is 5.09. The summed E-state index contributed by atoms with van der Waals surface area (Å²) in [6.07, 6.45) is 4.94. The van der Waals surface area contributed by atoms with Crippen LogP contribution < -0.4 is 16.4 Å². The fourth-order valence-electron chi connectivity index (χ4n) is 1.79. The Hall–Kier alpha value is -0.810. The molecular weight excluding hydrogens is 230 g/mol. The molecule has 0 saturated heterocycles. The molecular formula is C10H20ClN3O2. The van der Waals surface area contributed by atoms with E-state index in [2.05, 4.69) is 10.6 Å². The van der Waals surface area contributed by atoms with Crippen LogP contribution in [0.2, 0.25) is 0 Å². The number of hydrogen-bond acceptors (Lipinski definition) is 3. The minimum atomic E-state index is -0.300. The highest BCUT2D eigenvalue weighted by atomic mass is 35.5. The summed E-state index contributed by atoms with van der Waals surface area (Å²) < 4.78 is 0. The lowest BCUT2D eigenvalue weighted by Gasteiger charge is -2.10. The van der Waals surface area contributed by atoms with Crippen molar-refractivity contribution in [3.05, 3.63) is 0 Å². The zero-order chi connectivity index (χ0) is 11.1. The summed E-state index contributed by atoms with van der Waals surface area (Å²) in [7, 11) is 0. The van der Waals surface area contributed by atoms with Crippen molar-refractivity contribution in [2.45, 2.75) is 25.7 Å². The van der Waals surface area contributed by atoms with Gasteiger partial charge in [0.1, 0.15) is 0 Å². The van der Waals surface area contributed by atoms with Gasteiger partial charge in [0.05, 0.1) is 13.1 Å². The Kier molecular flexibility index (Phi) is 7.93.